The van der Waals surface area contributed by atoms with Gasteiger partial charge in [-0.3, -0.25) is 4.79 Å². The van der Waals surface area contributed by atoms with E-state index in [1.165, 1.54) is 0 Å². The molecule has 2 aromatic carbocycles. The molecule has 1 unspecified atom stereocenters. The first-order valence-electron chi connectivity index (χ1n) is 10.7. The van der Waals surface area contributed by atoms with Crippen molar-refractivity contribution in [3.8, 4) is 34.4 Å². The minimum absolute atomic E-state index is 0.401. The van der Waals surface area contributed by atoms with Crippen molar-refractivity contribution in [3.05, 3.63) is 53.2 Å². The third kappa shape index (κ3) is 3.98. The Morgan fingerprint density at radius 3 is 2.26 bits per heavy atom. The fourth-order valence-electron chi connectivity index (χ4n) is 4.02. The number of methoxy groups -OCH3 is 3. The monoisotopic (exact) mass is 465 g/mol. The molecule has 0 saturated carbocycles. The molecule has 2 heterocycles. The third-order valence-corrected chi connectivity index (χ3v) is 5.55. The van der Waals surface area contributed by atoms with Gasteiger partial charge in [0.15, 0.2) is 17.3 Å². The number of nitrogens with zero attached hydrogens (tertiary/aromatic N) is 3. The van der Waals surface area contributed by atoms with Crippen LogP contribution in [-0.2, 0) is 4.79 Å². The van der Waals surface area contributed by atoms with Crippen LogP contribution < -0.4 is 30.0 Å². The Morgan fingerprint density at radius 2 is 1.74 bits per heavy atom. The highest BCUT2D eigenvalue weighted by molar-refractivity contribution is 5.95. The zero-order valence-electron chi connectivity index (χ0n) is 19.7. The summed E-state index contributed by atoms with van der Waals surface area (Å²) in [6, 6.07) is 10.5. The average molecular weight is 466 g/mol. The summed E-state index contributed by atoms with van der Waals surface area (Å²) in [6.45, 7) is 4.27. The van der Waals surface area contributed by atoms with Crippen LogP contribution in [0.15, 0.2) is 47.7 Å². The standard InChI is InChI=1S/C24H27N5O5/c1-6-34-16-9-7-14(8-10-16)20-19(22(25)30)13(2)26-24-27-23(28-29(20)24)15-11-17(31-3)21(33-5)18(12-15)32-4/h7-12,20H,6H2,1-5H3,(H2,25,30)(H,26,27,28). The van der Waals surface area contributed by atoms with Gasteiger partial charge in [-0.25, -0.2) is 4.68 Å². The second-order valence-corrected chi connectivity index (χ2v) is 7.55. The number of rotatable bonds is 8. The molecule has 4 rings (SSSR count). The Balaban J connectivity index is 1.84. The molecule has 1 aromatic heterocycles. The van der Waals surface area contributed by atoms with Crippen molar-refractivity contribution >= 4 is 11.9 Å². The zero-order chi connectivity index (χ0) is 24.4. The van der Waals surface area contributed by atoms with Crippen molar-refractivity contribution in [3.63, 3.8) is 0 Å². The quantitative estimate of drug-likeness (QED) is 0.520. The summed E-state index contributed by atoms with van der Waals surface area (Å²) in [4.78, 5) is 17.1. The van der Waals surface area contributed by atoms with E-state index in [-0.39, 0.29) is 0 Å². The lowest BCUT2D eigenvalue weighted by molar-refractivity contribution is -0.115. The summed E-state index contributed by atoms with van der Waals surface area (Å²) in [7, 11) is 4.63. The Morgan fingerprint density at radius 1 is 1.09 bits per heavy atom. The maximum atomic E-state index is 12.4. The van der Waals surface area contributed by atoms with Gasteiger partial charge in [-0.1, -0.05) is 12.1 Å². The van der Waals surface area contributed by atoms with E-state index >= 15 is 0 Å². The van der Waals surface area contributed by atoms with E-state index in [0.29, 0.717) is 52.5 Å². The number of hydrogen-bond acceptors (Lipinski definition) is 8. The highest BCUT2D eigenvalue weighted by Crippen LogP contribution is 2.42. The number of amides is 1. The van der Waals surface area contributed by atoms with E-state index < -0.39 is 11.9 Å². The Kier molecular flexibility index (Phi) is 6.31. The number of carbonyl (C=O) groups excluding carboxylic acids is 1. The van der Waals surface area contributed by atoms with Gasteiger partial charge in [0.2, 0.25) is 17.6 Å². The number of nitrogens with one attached hydrogen (secondary N) is 1. The largest absolute Gasteiger partial charge is 0.494 e. The molecule has 3 N–H and O–H groups in total. The lowest BCUT2D eigenvalue weighted by Crippen LogP contribution is -2.31. The van der Waals surface area contributed by atoms with E-state index in [0.717, 1.165) is 11.3 Å². The molecule has 3 aromatic rings. The molecule has 34 heavy (non-hydrogen) atoms. The van der Waals surface area contributed by atoms with Crippen LogP contribution in [0.25, 0.3) is 11.4 Å². The zero-order valence-corrected chi connectivity index (χ0v) is 19.7. The van der Waals surface area contributed by atoms with E-state index in [4.69, 9.17) is 29.8 Å². The maximum Gasteiger partial charge on any atom is 0.248 e. The van der Waals surface area contributed by atoms with Crippen molar-refractivity contribution in [1.82, 2.24) is 14.8 Å². The molecule has 1 aliphatic rings. The number of anilines is 1. The number of nitrogens with two attached hydrogens (primary N) is 1. The number of fused-ring (bicyclic) bond motifs is 1. The molecule has 0 radical (unpaired) electrons. The number of carbonyl (C=O) groups is 1. The third-order valence-electron chi connectivity index (χ3n) is 5.55. The van der Waals surface area contributed by atoms with Crippen LogP contribution in [0.1, 0.15) is 25.5 Å². The van der Waals surface area contributed by atoms with Gasteiger partial charge in [0.25, 0.3) is 0 Å². The number of benzene rings is 2. The van der Waals surface area contributed by atoms with Crippen molar-refractivity contribution in [1.29, 1.82) is 0 Å². The van der Waals surface area contributed by atoms with E-state index in [1.54, 1.807) is 45.1 Å². The molecule has 10 heteroatoms. The first-order chi connectivity index (χ1) is 16.4. The summed E-state index contributed by atoms with van der Waals surface area (Å²) in [6.07, 6.45) is 0. The van der Waals surface area contributed by atoms with E-state index in [9.17, 15) is 4.79 Å². The predicted molar refractivity (Wildman–Crippen MR) is 126 cm³/mol. The lowest BCUT2D eigenvalue weighted by atomic mass is 9.95. The minimum atomic E-state index is -0.562. The molecular formula is C24H27N5O5. The van der Waals surface area contributed by atoms with E-state index in [2.05, 4.69) is 10.3 Å². The molecule has 0 bridgehead atoms. The van der Waals surface area contributed by atoms with Crippen LogP contribution in [0.2, 0.25) is 0 Å². The normalized spacial score (nSPS) is 14.8. The average Bonchev–Trinajstić information content (AvgIpc) is 3.26. The summed E-state index contributed by atoms with van der Waals surface area (Å²) in [5, 5.41) is 7.88. The topological polar surface area (TPSA) is 123 Å². The van der Waals surface area contributed by atoms with Crippen LogP contribution in [0.3, 0.4) is 0 Å². The van der Waals surface area contributed by atoms with Gasteiger partial charge in [-0.2, -0.15) is 4.98 Å². The van der Waals surface area contributed by atoms with Crippen LogP contribution in [0, 0.1) is 0 Å². The molecule has 0 spiro atoms. The molecule has 0 fully saturated rings. The van der Waals surface area contributed by atoms with Crippen LogP contribution in [0.5, 0.6) is 23.0 Å². The van der Waals surface area contributed by atoms with Gasteiger partial charge in [0, 0.05) is 11.3 Å². The van der Waals surface area contributed by atoms with Crippen LogP contribution in [0.4, 0.5) is 5.95 Å². The van der Waals surface area contributed by atoms with Gasteiger partial charge in [0.1, 0.15) is 11.8 Å². The summed E-state index contributed by atoms with van der Waals surface area (Å²) < 4.78 is 23.5. The van der Waals surface area contributed by atoms with Crippen LogP contribution >= 0.6 is 0 Å². The van der Waals surface area contributed by atoms with Crippen molar-refractivity contribution in [2.45, 2.75) is 19.9 Å². The van der Waals surface area contributed by atoms with Crippen molar-refractivity contribution in [2.75, 3.05) is 33.3 Å². The molecule has 178 valence electrons. The predicted octanol–water partition coefficient (Wildman–Crippen LogP) is 3.14. The number of primary amides is 1. The first kappa shape index (κ1) is 23.0. The molecule has 1 atom stereocenters. The summed E-state index contributed by atoms with van der Waals surface area (Å²) in [5.41, 5.74) is 8.26. The minimum Gasteiger partial charge on any atom is -0.494 e. The molecule has 10 nitrogen and oxygen atoms in total. The molecule has 0 aliphatic carbocycles. The Bertz CT molecular complexity index is 1220. The maximum absolute atomic E-state index is 12.4. The molecule has 1 aliphatic heterocycles. The molecule has 1 amide bonds. The lowest BCUT2D eigenvalue weighted by Gasteiger charge is -2.27. The van der Waals surface area contributed by atoms with Gasteiger partial charge < -0.3 is 30.0 Å². The number of ether oxygens (including phenoxy) is 4. The second-order valence-electron chi connectivity index (χ2n) is 7.55. The Labute approximate surface area is 197 Å². The molecular weight excluding hydrogens is 438 g/mol. The fraction of sp³-hybridized carbons (Fsp3) is 0.292. The van der Waals surface area contributed by atoms with Crippen molar-refractivity contribution in [2.24, 2.45) is 5.73 Å². The SMILES string of the molecule is CCOc1ccc(C2C(C(N)=O)=C(C)Nc3nc(-c4cc(OC)c(OC)c(OC)c4)nn32)cc1. The number of allylic oxidation sites excluding steroid dienone is 1. The number of hydrogen-bond donors (Lipinski definition) is 2. The van der Waals surface area contributed by atoms with Gasteiger partial charge in [0.05, 0.1) is 33.5 Å². The second kappa shape index (κ2) is 9.34. The fourth-order valence-corrected chi connectivity index (χ4v) is 4.02. The summed E-state index contributed by atoms with van der Waals surface area (Å²) >= 11 is 0. The van der Waals surface area contributed by atoms with Gasteiger partial charge >= 0.3 is 0 Å². The van der Waals surface area contributed by atoms with Gasteiger partial charge in [-0.05, 0) is 43.7 Å². The van der Waals surface area contributed by atoms with Crippen LogP contribution in [-0.4, -0.2) is 48.6 Å². The first-order valence-corrected chi connectivity index (χ1v) is 10.7. The Hall–Kier alpha value is -4.21. The summed E-state index contributed by atoms with van der Waals surface area (Å²) in [5.74, 6) is 2.51. The highest BCUT2D eigenvalue weighted by Gasteiger charge is 2.33. The van der Waals surface area contributed by atoms with E-state index in [1.807, 2.05) is 31.2 Å². The highest BCUT2D eigenvalue weighted by atomic mass is 16.5. The molecule has 0 saturated heterocycles. The van der Waals surface area contributed by atoms with Gasteiger partial charge in [-0.15, -0.1) is 5.10 Å². The van der Waals surface area contributed by atoms with Crippen molar-refractivity contribution < 1.29 is 23.7 Å². The smallest absolute Gasteiger partial charge is 0.248 e. The number of aromatic nitrogens is 3.